The number of carbonyl (C=O) groups is 4. The highest BCUT2D eigenvalue weighted by Crippen LogP contribution is 2.51. The van der Waals surface area contributed by atoms with Crippen LogP contribution in [0.5, 0.6) is 0 Å². The second-order valence-corrected chi connectivity index (χ2v) is 10.9. The molecule has 7 nitrogen and oxygen atoms in total. The van der Waals surface area contributed by atoms with Gasteiger partial charge in [0.05, 0.1) is 22.5 Å². The molecule has 2 aliphatic rings. The third-order valence-electron chi connectivity index (χ3n) is 8.00. The van der Waals surface area contributed by atoms with Crippen molar-refractivity contribution in [3.63, 3.8) is 0 Å². The smallest absolute Gasteiger partial charge is 0.341 e. The van der Waals surface area contributed by atoms with Crippen LogP contribution in [0.3, 0.4) is 0 Å². The fourth-order valence-corrected chi connectivity index (χ4v) is 5.64. The molecule has 2 heterocycles. The number of aryl methyl sites for hydroxylation is 1. The van der Waals surface area contributed by atoms with Gasteiger partial charge in [-0.05, 0) is 49.4 Å². The number of imide groups is 1. The van der Waals surface area contributed by atoms with Gasteiger partial charge in [0, 0.05) is 20.1 Å². The molecule has 0 bridgehead atoms. The van der Waals surface area contributed by atoms with Crippen molar-refractivity contribution in [2.24, 2.45) is 11.3 Å². The van der Waals surface area contributed by atoms with Gasteiger partial charge in [-0.25, -0.2) is 4.39 Å². The maximum absolute atomic E-state index is 14.3. The molecule has 0 aliphatic carbocycles. The summed E-state index contributed by atoms with van der Waals surface area (Å²) in [6.07, 6.45) is -4.34. The van der Waals surface area contributed by atoms with Gasteiger partial charge in [-0.2, -0.15) is 13.2 Å². The number of likely N-dealkylation sites (tertiary alicyclic amines) is 2. The normalized spacial score (nSPS) is 19.9. The van der Waals surface area contributed by atoms with E-state index in [0.717, 1.165) is 16.0 Å². The quantitative estimate of drug-likeness (QED) is 0.436. The maximum atomic E-state index is 14.3. The Morgan fingerprint density at radius 3 is 2.17 bits per heavy atom. The van der Waals surface area contributed by atoms with E-state index in [1.807, 2.05) is 31.2 Å². The van der Waals surface area contributed by atoms with Gasteiger partial charge < -0.3 is 10.2 Å². The molecule has 40 heavy (non-hydrogen) atoms. The summed E-state index contributed by atoms with van der Waals surface area (Å²) < 4.78 is 53.6. The molecule has 0 saturated carbocycles. The van der Waals surface area contributed by atoms with Gasteiger partial charge >= 0.3 is 6.18 Å². The molecular weight excluding hydrogens is 530 g/mol. The van der Waals surface area contributed by atoms with Crippen LogP contribution in [-0.2, 0) is 20.6 Å². The predicted molar refractivity (Wildman–Crippen MR) is 137 cm³/mol. The van der Waals surface area contributed by atoms with Crippen LogP contribution in [0.15, 0.2) is 42.5 Å². The highest BCUT2D eigenvalue weighted by molar-refractivity contribution is 6.10. The Hall–Kier alpha value is -3.76. The Bertz CT molecular complexity index is 1330. The molecule has 214 valence electrons. The molecule has 1 unspecified atom stereocenters. The first kappa shape index (κ1) is 29.2. The van der Waals surface area contributed by atoms with Gasteiger partial charge in [0.2, 0.25) is 17.7 Å². The van der Waals surface area contributed by atoms with Crippen LogP contribution < -0.4 is 5.32 Å². The summed E-state index contributed by atoms with van der Waals surface area (Å²) in [6.45, 7) is 5.48. The van der Waals surface area contributed by atoms with Crippen molar-refractivity contribution in [1.29, 1.82) is 0 Å². The van der Waals surface area contributed by atoms with Crippen LogP contribution in [-0.4, -0.2) is 59.6 Å². The second-order valence-electron chi connectivity index (χ2n) is 10.9. The van der Waals surface area contributed by atoms with Crippen LogP contribution in [0.4, 0.5) is 17.6 Å². The SMILES string of the molecule is Cc1ccc(C2C(=O)N(C)C(=O)C23CCN(C(=O)[C@H](NC(=O)c2cc(C(F)(F)F)ccc2F)C(C)C)CC3)cc1. The summed E-state index contributed by atoms with van der Waals surface area (Å²) in [5.74, 6) is -4.54. The number of rotatable bonds is 5. The Morgan fingerprint density at radius 2 is 1.62 bits per heavy atom. The molecule has 1 N–H and O–H groups in total. The average molecular weight is 562 g/mol. The van der Waals surface area contributed by atoms with E-state index < -0.39 is 58.2 Å². The fraction of sp³-hybridized carbons (Fsp3) is 0.448. The minimum atomic E-state index is -4.77. The lowest BCUT2D eigenvalue weighted by atomic mass is 9.67. The first-order valence-electron chi connectivity index (χ1n) is 13.0. The number of piperidine rings is 1. The van der Waals surface area contributed by atoms with Crippen LogP contribution in [0.2, 0.25) is 0 Å². The van der Waals surface area contributed by atoms with Crippen molar-refractivity contribution >= 4 is 23.6 Å². The Morgan fingerprint density at radius 1 is 1.02 bits per heavy atom. The monoisotopic (exact) mass is 561 g/mol. The van der Waals surface area contributed by atoms with Crippen molar-refractivity contribution < 1.29 is 36.7 Å². The lowest BCUT2D eigenvalue weighted by Gasteiger charge is -2.41. The summed E-state index contributed by atoms with van der Waals surface area (Å²) in [6, 6.07) is 7.80. The van der Waals surface area contributed by atoms with Gasteiger partial charge in [-0.15, -0.1) is 0 Å². The standard InChI is InChI=1S/C29H31F4N3O4/c1-16(2)23(34-24(37)20-15-19(29(31,32)33)9-10-21(20)30)26(39)36-13-11-28(12-14-36)22(25(38)35(4)27(28)40)18-7-5-17(3)6-8-18/h5-10,15-16,22-23H,11-14H2,1-4H3,(H,34,37)/t22?,23-/m1/s1. The number of alkyl halides is 3. The van der Waals surface area contributed by atoms with Crippen LogP contribution >= 0.6 is 0 Å². The molecule has 4 rings (SSSR count). The van der Waals surface area contributed by atoms with Crippen LogP contribution in [0, 0.1) is 24.1 Å². The van der Waals surface area contributed by atoms with Crippen molar-refractivity contribution in [2.75, 3.05) is 20.1 Å². The summed E-state index contributed by atoms with van der Waals surface area (Å²) in [5.41, 5.74) is -1.28. The molecule has 0 radical (unpaired) electrons. The molecule has 2 aromatic carbocycles. The van der Waals surface area contributed by atoms with E-state index >= 15 is 0 Å². The maximum Gasteiger partial charge on any atom is 0.416 e. The van der Waals surface area contributed by atoms with E-state index in [-0.39, 0.29) is 37.7 Å². The summed E-state index contributed by atoms with van der Waals surface area (Å²) in [7, 11) is 1.45. The number of amides is 4. The highest BCUT2D eigenvalue weighted by atomic mass is 19.4. The van der Waals surface area contributed by atoms with Gasteiger partial charge in [0.1, 0.15) is 11.9 Å². The lowest BCUT2D eigenvalue weighted by molar-refractivity contribution is -0.144. The van der Waals surface area contributed by atoms with E-state index in [0.29, 0.717) is 18.2 Å². The number of likely N-dealkylation sites (N-methyl/N-ethyl adjacent to an activating group) is 1. The van der Waals surface area contributed by atoms with E-state index in [4.69, 9.17) is 0 Å². The molecule has 2 atom stereocenters. The second kappa shape index (κ2) is 10.7. The highest BCUT2D eigenvalue weighted by Gasteiger charge is 2.59. The molecule has 2 aromatic rings. The topological polar surface area (TPSA) is 86.8 Å². The van der Waals surface area contributed by atoms with Gasteiger partial charge in [-0.1, -0.05) is 43.7 Å². The fourth-order valence-electron chi connectivity index (χ4n) is 5.64. The number of benzene rings is 2. The van der Waals surface area contributed by atoms with E-state index in [1.54, 1.807) is 13.8 Å². The number of nitrogens with zero attached hydrogens (tertiary/aromatic N) is 2. The number of hydrogen-bond donors (Lipinski definition) is 1. The largest absolute Gasteiger partial charge is 0.416 e. The van der Waals surface area contributed by atoms with Gasteiger partial charge in [0.25, 0.3) is 5.91 Å². The number of nitrogens with one attached hydrogen (secondary N) is 1. The molecule has 4 amide bonds. The van der Waals surface area contributed by atoms with Crippen molar-refractivity contribution in [3.05, 3.63) is 70.5 Å². The molecule has 11 heteroatoms. The van der Waals surface area contributed by atoms with Gasteiger partial charge in [-0.3, -0.25) is 24.1 Å². The van der Waals surface area contributed by atoms with E-state index in [2.05, 4.69) is 5.32 Å². The lowest BCUT2D eigenvalue weighted by Crippen LogP contribution is -2.55. The van der Waals surface area contributed by atoms with Gasteiger partial charge in [0.15, 0.2) is 0 Å². The third kappa shape index (κ3) is 5.21. The minimum Gasteiger partial charge on any atom is -0.341 e. The zero-order valence-corrected chi connectivity index (χ0v) is 22.6. The molecule has 0 aromatic heterocycles. The molecule has 2 aliphatic heterocycles. The Balaban J connectivity index is 1.53. The Labute approximate surface area is 229 Å². The van der Waals surface area contributed by atoms with Crippen molar-refractivity contribution in [3.8, 4) is 0 Å². The molecule has 1 spiro atoms. The average Bonchev–Trinajstić information content (AvgIpc) is 3.07. The molecular formula is C29H31F4N3O4. The summed E-state index contributed by atoms with van der Waals surface area (Å²) in [5, 5.41) is 2.41. The van der Waals surface area contributed by atoms with Crippen LogP contribution in [0.25, 0.3) is 0 Å². The number of carbonyl (C=O) groups excluding carboxylic acids is 4. The molecule has 2 fully saturated rings. The number of hydrogen-bond acceptors (Lipinski definition) is 4. The predicted octanol–water partition coefficient (Wildman–Crippen LogP) is 4.30. The Kier molecular flexibility index (Phi) is 7.79. The third-order valence-corrected chi connectivity index (χ3v) is 8.00. The summed E-state index contributed by atoms with van der Waals surface area (Å²) in [4.78, 5) is 55.4. The number of halogens is 4. The molecule has 2 saturated heterocycles. The zero-order chi connectivity index (χ0) is 29.6. The van der Waals surface area contributed by atoms with E-state index in [1.165, 1.54) is 11.9 Å². The van der Waals surface area contributed by atoms with Crippen molar-refractivity contribution in [2.45, 2.75) is 51.7 Å². The zero-order valence-electron chi connectivity index (χ0n) is 22.6. The first-order valence-corrected chi connectivity index (χ1v) is 13.0. The first-order chi connectivity index (χ1) is 18.7. The van der Waals surface area contributed by atoms with Crippen LogP contribution in [0.1, 0.15) is 59.7 Å². The van der Waals surface area contributed by atoms with E-state index in [9.17, 15) is 36.7 Å². The minimum absolute atomic E-state index is 0.130. The summed E-state index contributed by atoms with van der Waals surface area (Å²) >= 11 is 0. The van der Waals surface area contributed by atoms with Crippen molar-refractivity contribution in [1.82, 2.24) is 15.1 Å².